The molecule has 1 aromatic carbocycles. The van der Waals surface area contributed by atoms with Crippen LogP contribution in [-0.4, -0.2) is 48.3 Å². The number of carboxylic acid groups (broad SMARTS) is 1. The molecule has 7 nitrogen and oxygen atoms in total. The van der Waals surface area contributed by atoms with Gasteiger partial charge in [-0.3, -0.25) is 0 Å². The number of fused-ring (bicyclic) bond motifs is 3. The van der Waals surface area contributed by atoms with Crippen LogP contribution >= 0.6 is 0 Å². The fourth-order valence-corrected chi connectivity index (χ4v) is 4.04. The number of carbonyl (C=O) groups is 1. The van der Waals surface area contributed by atoms with Gasteiger partial charge in [0.05, 0.1) is 5.56 Å². The number of benzene rings is 1. The zero-order valence-corrected chi connectivity index (χ0v) is 15.0. The Morgan fingerprint density at radius 1 is 1.23 bits per heavy atom. The van der Waals surface area contributed by atoms with Crippen LogP contribution in [0, 0.1) is 6.92 Å². The molecule has 0 saturated carbocycles. The third-order valence-corrected chi connectivity index (χ3v) is 5.54. The van der Waals surface area contributed by atoms with Crippen LogP contribution in [0.5, 0.6) is 0 Å². The highest BCUT2D eigenvalue weighted by Gasteiger charge is 2.25. The largest absolute Gasteiger partial charge is 0.465 e. The summed E-state index contributed by atoms with van der Waals surface area (Å²) in [7, 11) is 0. The standard InChI is InChI=1S/C19H23N3O4/c1-11-9-14-13-3-4-16(21-5-7-22(8-6-21)19(24)25)12(2)17(13)26-18(23)15(14)10-20-11/h3-4,11,20H,5-10H2,1-2H3,(H,24,25)/t11-/m0/s1. The molecule has 0 aliphatic carbocycles. The van der Waals surface area contributed by atoms with Crippen molar-refractivity contribution in [2.24, 2.45) is 0 Å². The van der Waals surface area contributed by atoms with Crippen LogP contribution in [0.4, 0.5) is 10.5 Å². The average molecular weight is 357 g/mol. The average Bonchev–Trinajstić information content (AvgIpc) is 2.63. The van der Waals surface area contributed by atoms with Crippen LogP contribution < -0.4 is 15.8 Å². The molecule has 3 heterocycles. The number of hydrogen-bond acceptors (Lipinski definition) is 5. The van der Waals surface area contributed by atoms with Crippen molar-refractivity contribution in [3.8, 4) is 0 Å². The van der Waals surface area contributed by atoms with Crippen molar-refractivity contribution < 1.29 is 14.3 Å². The summed E-state index contributed by atoms with van der Waals surface area (Å²) in [6.45, 7) is 6.86. The Hall–Kier alpha value is -2.54. The fraction of sp³-hybridized carbons (Fsp3) is 0.474. The molecule has 2 N–H and O–H groups in total. The molecule has 0 unspecified atom stereocenters. The quantitative estimate of drug-likeness (QED) is 0.759. The Kier molecular flexibility index (Phi) is 4.11. The monoisotopic (exact) mass is 357 g/mol. The first kappa shape index (κ1) is 16.9. The Morgan fingerprint density at radius 3 is 2.65 bits per heavy atom. The Bertz CT molecular complexity index is 929. The summed E-state index contributed by atoms with van der Waals surface area (Å²) in [5.74, 6) is 0. The van der Waals surface area contributed by atoms with Crippen LogP contribution in [0.2, 0.25) is 0 Å². The minimum Gasteiger partial charge on any atom is -0.465 e. The van der Waals surface area contributed by atoms with E-state index >= 15 is 0 Å². The van der Waals surface area contributed by atoms with E-state index in [-0.39, 0.29) is 5.63 Å². The molecule has 2 aromatic rings. The molecule has 0 spiro atoms. The molecular formula is C19H23N3O4. The maximum absolute atomic E-state index is 12.5. The van der Waals surface area contributed by atoms with Crippen LogP contribution in [0.25, 0.3) is 11.0 Å². The molecule has 26 heavy (non-hydrogen) atoms. The third-order valence-electron chi connectivity index (χ3n) is 5.54. The highest BCUT2D eigenvalue weighted by Crippen LogP contribution is 2.32. The Morgan fingerprint density at radius 2 is 1.96 bits per heavy atom. The van der Waals surface area contributed by atoms with Gasteiger partial charge in [-0.05, 0) is 38.0 Å². The molecule has 7 heteroatoms. The number of rotatable bonds is 1. The smallest absolute Gasteiger partial charge is 0.407 e. The van der Waals surface area contributed by atoms with E-state index in [9.17, 15) is 9.59 Å². The van der Waals surface area contributed by atoms with Crippen molar-refractivity contribution >= 4 is 22.7 Å². The molecular weight excluding hydrogens is 334 g/mol. The van der Waals surface area contributed by atoms with Gasteiger partial charge in [-0.25, -0.2) is 9.59 Å². The number of amides is 1. The van der Waals surface area contributed by atoms with Gasteiger partial charge in [0.2, 0.25) is 0 Å². The lowest BCUT2D eigenvalue weighted by molar-refractivity contribution is 0.142. The first-order valence-electron chi connectivity index (χ1n) is 9.00. The van der Waals surface area contributed by atoms with Gasteiger partial charge in [0.1, 0.15) is 5.58 Å². The summed E-state index contributed by atoms with van der Waals surface area (Å²) in [6.07, 6.45) is -0.0618. The number of anilines is 1. The lowest BCUT2D eigenvalue weighted by Gasteiger charge is -2.35. The maximum Gasteiger partial charge on any atom is 0.407 e. The molecule has 1 fully saturated rings. The second-order valence-electron chi connectivity index (χ2n) is 7.18. The second-order valence-corrected chi connectivity index (χ2v) is 7.18. The molecule has 1 atom stereocenters. The zero-order valence-electron chi connectivity index (χ0n) is 15.0. The highest BCUT2D eigenvalue weighted by atomic mass is 16.4. The van der Waals surface area contributed by atoms with Gasteiger partial charge in [0, 0.05) is 55.4 Å². The topological polar surface area (TPSA) is 86.0 Å². The lowest BCUT2D eigenvalue weighted by Crippen LogP contribution is -2.48. The summed E-state index contributed by atoms with van der Waals surface area (Å²) >= 11 is 0. The summed E-state index contributed by atoms with van der Waals surface area (Å²) in [4.78, 5) is 27.1. The predicted octanol–water partition coefficient (Wildman–Crippen LogP) is 1.94. The molecule has 1 amide bonds. The Balaban J connectivity index is 1.74. The Labute approximate surface area is 151 Å². The van der Waals surface area contributed by atoms with Gasteiger partial charge in [0.15, 0.2) is 0 Å². The van der Waals surface area contributed by atoms with E-state index in [2.05, 4.69) is 23.2 Å². The van der Waals surface area contributed by atoms with Crippen molar-refractivity contribution in [2.45, 2.75) is 32.9 Å². The number of aryl methyl sites for hydroxylation is 1. The number of nitrogens with one attached hydrogen (secondary N) is 1. The van der Waals surface area contributed by atoms with Crippen molar-refractivity contribution in [3.63, 3.8) is 0 Å². The molecule has 4 rings (SSSR count). The minimum absolute atomic E-state index is 0.261. The zero-order chi connectivity index (χ0) is 18.4. The van der Waals surface area contributed by atoms with Gasteiger partial charge >= 0.3 is 11.7 Å². The van der Waals surface area contributed by atoms with Crippen LogP contribution in [0.1, 0.15) is 23.6 Å². The van der Waals surface area contributed by atoms with E-state index < -0.39 is 6.09 Å². The first-order valence-corrected chi connectivity index (χ1v) is 9.00. The predicted molar refractivity (Wildman–Crippen MR) is 99.0 cm³/mol. The van der Waals surface area contributed by atoms with E-state index in [1.54, 1.807) is 0 Å². The van der Waals surface area contributed by atoms with Crippen LogP contribution in [0.3, 0.4) is 0 Å². The molecule has 1 aromatic heterocycles. The molecule has 2 aliphatic heterocycles. The second kappa shape index (κ2) is 6.32. The van der Waals surface area contributed by atoms with Gasteiger partial charge in [0.25, 0.3) is 0 Å². The number of nitrogens with zero attached hydrogens (tertiary/aromatic N) is 2. The van der Waals surface area contributed by atoms with Crippen LogP contribution in [-0.2, 0) is 13.0 Å². The lowest BCUT2D eigenvalue weighted by atomic mass is 9.93. The maximum atomic E-state index is 12.5. The normalized spacial score (nSPS) is 20.3. The van der Waals surface area contributed by atoms with E-state index in [0.29, 0.717) is 44.3 Å². The molecule has 0 radical (unpaired) electrons. The van der Waals surface area contributed by atoms with Crippen LogP contribution in [0.15, 0.2) is 21.3 Å². The summed E-state index contributed by atoms with van der Waals surface area (Å²) in [5.41, 5.74) is 4.17. The summed E-state index contributed by atoms with van der Waals surface area (Å²) in [5, 5.41) is 13.4. The number of hydrogen-bond donors (Lipinski definition) is 2. The first-order chi connectivity index (χ1) is 12.5. The fourth-order valence-electron chi connectivity index (χ4n) is 4.04. The van der Waals surface area contributed by atoms with Gasteiger partial charge in [-0.1, -0.05) is 0 Å². The molecule has 2 aliphatic rings. The molecule has 0 bridgehead atoms. The van der Waals surface area contributed by atoms with Gasteiger partial charge in [-0.2, -0.15) is 0 Å². The van der Waals surface area contributed by atoms with Crippen molar-refractivity contribution in [3.05, 3.63) is 39.2 Å². The van der Waals surface area contributed by atoms with Crippen molar-refractivity contribution in [1.29, 1.82) is 0 Å². The third kappa shape index (κ3) is 2.72. The molecule has 138 valence electrons. The SMILES string of the molecule is Cc1c(N2CCN(C(=O)O)CC2)ccc2c3c(c(=O)oc12)CN[C@@H](C)C3. The summed E-state index contributed by atoms with van der Waals surface area (Å²) in [6, 6.07) is 4.44. The van der Waals surface area contributed by atoms with E-state index in [4.69, 9.17) is 9.52 Å². The van der Waals surface area contributed by atoms with E-state index in [1.165, 1.54) is 4.90 Å². The summed E-state index contributed by atoms with van der Waals surface area (Å²) < 4.78 is 5.69. The van der Waals surface area contributed by atoms with Crippen molar-refractivity contribution in [2.75, 3.05) is 31.1 Å². The van der Waals surface area contributed by atoms with E-state index in [1.807, 2.05) is 13.0 Å². The van der Waals surface area contributed by atoms with Crippen molar-refractivity contribution in [1.82, 2.24) is 10.2 Å². The van der Waals surface area contributed by atoms with E-state index in [0.717, 1.165) is 34.2 Å². The highest BCUT2D eigenvalue weighted by molar-refractivity contribution is 5.88. The number of piperazine rings is 1. The van der Waals surface area contributed by atoms with Gasteiger partial charge in [-0.15, -0.1) is 0 Å². The van der Waals surface area contributed by atoms with Gasteiger partial charge < -0.3 is 24.6 Å². The minimum atomic E-state index is -0.875. The molecule has 1 saturated heterocycles.